The molecular formula is C20H20N2O. The SMILES string of the molecule is C(=Cc1ccc(OCCCn2ccnc2)cc1)c1ccccc1. The first-order chi connectivity index (χ1) is 11.4. The second kappa shape index (κ2) is 7.99. The van der Waals surface area contributed by atoms with Crippen LogP contribution in [0, 0.1) is 0 Å². The van der Waals surface area contributed by atoms with Gasteiger partial charge in [0.2, 0.25) is 0 Å². The summed E-state index contributed by atoms with van der Waals surface area (Å²) in [7, 11) is 0. The zero-order valence-corrected chi connectivity index (χ0v) is 13.0. The molecule has 0 saturated carbocycles. The van der Waals surface area contributed by atoms with Gasteiger partial charge in [-0.1, -0.05) is 54.6 Å². The fourth-order valence-electron chi connectivity index (χ4n) is 2.29. The van der Waals surface area contributed by atoms with E-state index in [-0.39, 0.29) is 0 Å². The van der Waals surface area contributed by atoms with Crippen molar-refractivity contribution in [1.82, 2.24) is 9.55 Å². The van der Waals surface area contributed by atoms with Gasteiger partial charge in [0.25, 0.3) is 0 Å². The summed E-state index contributed by atoms with van der Waals surface area (Å²) in [5.41, 5.74) is 2.37. The molecule has 0 saturated heterocycles. The minimum absolute atomic E-state index is 0.706. The number of aryl methyl sites for hydroxylation is 1. The third-order valence-electron chi connectivity index (χ3n) is 3.54. The van der Waals surface area contributed by atoms with Crippen molar-refractivity contribution in [2.75, 3.05) is 6.61 Å². The Labute approximate surface area is 136 Å². The lowest BCUT2D eigenvalue weighted by molar-refractivity contribution is 0.302. The molecule has 0 spiro atoms. The molecular weight excluding hydrogens is 284 g/mol. The summed E-state index contributed by atoms with van der Waals surface area (Å²) in [6, 6.07) is 18.5. The van der Waals surface area contributed by atoms with Gasteiger partial charge in [0.05, 0.1) is 12.9 Å². The fourth-order valence-corrected chi connectivity index (χ4v) is 2.29. The van der Waals surface area contributed by atoms with Crippen molar-refractivity contribution in [2.45, 2.75) is 13.0 Å². The van der Waals surface area contributed by atoms with Crippen LogP contribution in [0.3, 0.4) is 0 Å². The quantitative estimate of drug-likeness (QED) is 0.474. The van der Waals surface area contributed by atoms with Gasteiger partial charge in [-0.15, -0.1) is 0 Å². The number of hydrogen-bond acceptors (Lipinski definition) is 2. The van der Waals surface area contributed by atoms with Crippen LogP contribution < -0.4 is 4.74 Å². The van der Waals surface area contributed by atoms with Crippen LogP contribution in [0.1, 0.15) is 17.5 Å². The molecule has 0 N–H and O–H groups in total. The summed E-state index contributed by atoms with van der Waals surface area (Å²) in [6.07, 6.45) is 10.8. The maximum atomic E-state index is 5.76. The topological polar surface area (TPSA) is 27.1 Å². The Balaban J connectivity index is 1.46. The monoisotopic (exact) mass is 304 g/mol. The van der Waals surface area contributed by atoms with E-state index in [9.17, 15) is 0 Å². The van der Waals surface area contributed by atoms with Gasteiger partial charge in [0.1, 0.15) is 5.75 Å². The molecule has 0 radical (unpaired) electrons. The van der Waals surface area contributed by atoms with E-state index in [0.29, 0.717) is 6.61 Å². The Hall–Kier alpha value is -2.81. The smallest absolute Gasteiger partial charge is 0.119 e. The summed E-state index contributed by atoms with van der Waals surface area (Å²) >= 11 is 0. The normalized spacial score (nSPS) is 11.0. The van der Waals surface area contributed by atoms with Crippen LogP contribution in [0.25, 0.3) is 12.2 Å². The van der Waals surface area contributed by atoms with Crippen LogP contribution in [0.5, 0.6) is 5.75 Å². The van der Waals surface area contributed by atoms with Crippen LogP contribution >= 0.6 is 0 Å². The van der Waals surface area contributed by atoms with E-state index in [0.717, 1.165) is 18.7 Å². The molecule has 0 atom stereocenters. The van der Waals surface area contributed by atoms with Gasteiger partial charge in [-0.25, -0.2) is 4.98 Å². The minimum atomic E-state index is 0.706. The maximum Gasteiger partial charge on any atom is 0.119 e. The summed E-state index contributed by atoms with van der Waals surface area (Å²) < 4.78 is 7.82. The van der Waals surface area contributed by atoms with Crippen LogP contribution in [-0.4, -0.2) is 16.2 Å². The molecule has 0 unspecified atom stereocenters. The number of nitrogens with zero attached hydrogens (tertiary/aromatic N) is 2. The second-order valence-corrected chi connectivity index (χ2v) is 5.32. The van der Waals surface area contributed by atoms with Crippen molar-refractivity contribution >= 4 is 12.2 Å². The van der Waals surface area contributed by atoms with Gasteiger partial charge in [-0.05, 0) is 29.7 Å². The first-order valence-electron chi connectivity index (χ1n) is 7.82. The molecule has 3 rings (SSSR count). The molecule has 0 bridgehead atoms. The lowest BCUT2D eigenvalue weighted by Crippen LogP contribution is -2.02. The summed E-state index contributed by atoms with van der Waals surface area (Å²) in [5.74, 6) is 0.910. The largest absolute Gasteiger partial charge is 0.494 e. The predicted octanol–water partition coefficient (Wildman–Crippen LogP) is 4.52. The van der Waals surface area contributed by atoms with Crippen molar-refractivity contribution in [3.05, 3.63) is 84.4 Å². The van der Waals surface area contributed by atoms with Crippen molar-refractivity contribution < 1.29 is 4.74 Å². The third-order valence-corrected chi connectivity index (χ3v) is 3.54. The molecule has 3 aromatic rings. The highest BCUT2D eigenvalue weighted by Gasteiger charge is 1.95. The number of aromatic nitrogens is 2. The highest BCUT2D eigenvalue weighted by atomic mass is 16.5. The fraction of sp³-hybridized carbons (Fsp3) is 0.150. The molecule has 0 aliphatic heterocycles. The van der Waals surface area contributed by atoms with E-state index >= 15 is 0 Å². The Kier molecular flexibility index (Phi) is 5.25. The molecule has 0 fully saturated rings. The van der Waals surface area contributed by atoms with Crippen LogP contribution in [0.15, 0.2) is 73.3 Å². The standard InChI is InChI=1S/C20H20N2O/c1-2-5-18(6-3-1)7-8-19-9-11-20(12-10-19)23-16-4-14-22-15-13-21-17-22/h1-3,5-13,15,17H,4,14,16H2. The van der Waals surface area contributed by atoms with Crippen molar-refractivity contribution in [3.8, 4) is 5.75 Å². The molecule has 1 heterocycles. The molecule has 116 valence electrons. The average Bonchev–Trinajstić information content (AvgIpc) is 3.12. The first kappa shape index (κ1) is 15.1. The zero-order valence-electron chi connectivity index (χ0n) is 13.0. The molecule has 0 aliphatic rings. The van der Waals surface area contributed by atoms with E-state index in [4.69, 9.17) is 4.74 Å². The molecule has 0 aliphatic carbocycles. The van der Waals surface area contributed by atoms with E-state index in [2.05, 4.69) is 46.0 Å². The van der Waals surface area contributed by atoms with E-state index in [1.54, 1.807) is 6.20 Å². The second-order valence-electron chi connectivity index (χ2n) is 5.32. The van der Waals surface area contributed by atoms with E-state index < -0.39 is 0 Å². The Bertz CT molecular complexity index is 716. The lowest BCUT2D eigenvalue weighted by atomic mass is 10.1. The predicted molar refractivity (Wildman–Crippen MR) is 94.2 cm³/mol. The zero-order chi connectivity index (χ0) is 15.7. The number of imidazole rings is 1. The lowest BCUT2D eigenvalue weighted by Gasteiger charge is -2.06. The molecule has 23 heavy (non-hydrogen) atoms. The van der Waals surface area contributed by atoms with E-state index in [1.165, 1.54) is 11.1 Å². The van der Waals surface area contributed by atoms with Gasteiger partial charge < -0.3 is 9.30 Å². The van der Waals surface area contributed by atoms with Gasteiger partial charge in [-0.2, -0.15) is 0 Å². The molecule has 1 aromatic heterocycles. The average molecular weight is 304 g/mol. The molecule has 0 amide bonds. The number of benzene rings is 2. The maximum absolute atomic E-state index is 5.76. The summed E-state index contributed by atoms with van der Waals surface area (Å²) in [4.78, 5) is 4.02. The van der Waals surface area contributed by atoms with Gasteiger partial charge >= 0.3 is 0 Å². The Morgan fingerprint density at radius 2 is 1.65 bits per heavy atom. The Morgan fingerprint density at radius 3 is 2.35 bits per heavy atom. The highest BCUT2D eigenvalue weighted by Crippen LogP contribution is 2.15. The van der Waals surface area contributed by atoms with E-state index in [1.807, 2.05) is 42.9 Å². The number of rotatable bonds is 7. The minimum Gasteiger partial charge on any atom is -0.494 e. The van der Waals surface area contributed by atoms with Crippen molar-refractivity contribution in [1.29, 1.82) is 0 Å². The molecule has 2 aromatic carbocycles. The molecule has 3 nitrogen and oxygen atoms in total. The van der Waals surface area contributed by atoms with Crippen LogP contribution in [-0.2, 0) is 6.54 Å². The van der Waals surface area contributed by atoms with Gasteiger partial charge in [-0.3, -0.25) is 0 Å². The highest BCUT2D eigenvalue weighted by molar-refractivity contribution is 5.69. The first-order valence-corrected chi connectivity index (χ1v) is 7.82. The molecule has 3 heteroatoms. The third kappa shape index (κ3) is 4.85. The number of ether oxygens (including phenoxy) is 1. The van der Waals surface area contributed by atoms with Crippen molar-refractivity contribution in [2.24, 2.45) is 0 Å². The Morgan fingerprint density at radius 1 is 0.913 bits per heavy atom. The number of hydrogen-bond donors (Lipinski definition) is 0. The summed E-state index contributed by atoms with van der Waals surface area (Å²) in [5, 5.41) is 0. The summed E-state index contributed by atoms with van der Waals surface area (Å²) in [6.45, 7) is 1.63. The van der Waals surface area contributed by atoms with Crippen molar-refractivity contribution in [3.63, 3.8) is 0 Å². The van der Waals surface area contributed by atoms with Crippen LogP contribution in [0.2, 0.25) is 0 Å². The van der Waals surface area contributed by atoms with Crippen LogP contribution in [0.4, 0.5) is 0 Å². The van der Waals surface area contributed by atoms with Gasteiger partial charge in [0, 0.05) is 18.9 Å². The van der Waals surface area contributed by atoms with Gasteiger partial charge in [0.15, 0.2) is 0 Å².